The maximum absolute atomic E-state index is 11.6. The number of rotatable bonds is 9. The fourth-order valence-electron chi connectivity index (χ4n) is 1.94. The molecule has 114 valence electrons. The van der Waals surface area contributed by atoms with Gasteiger partial charge in [0, 0.05) is 6.42 Å². The van der Waals surface area contributed by atoms with Crippen molar-refractivity contribution in [2.75, 3.05) is 0 Å². The molecule has 1 atom stereocenters. The summed E-state index contributed by atoms with van der Waals surface area (Å²) in [5.41, 5.74) is 3.55. The van der Waals surface area contributed by atoms with Gasteiger partial charge in [0.1, 0.15) is 0 Å². The number of aliphatic hydroxyl groups is 1. The first kappa shape index (κ1) is 18.9. The van der Waals surface area contributed by atoms with Gasteiger partial charge in [-0.2, -0.15) is 0 Å². The van der Waals surface area contributed by atoms with Crippen molar-refractivity contribution >= 4 is 5.78 Å². The summed E-state index contributed by atoms with van der Waals surface area (Å²) >= 11 is 0. The average molecular weight is 278 g/mol. The molecule has 0 rings (SSSR count). The molecule has 0 aromatic heterocycles. The molecule has 0 aliphatic rings. The van der Waals surface area contributed by atoms with Crippen molar-refractivity contribution in [3.63, 3.8) is 0 Å². The van der Waals surface area contributed by atoms with E-state index in [0.717, 1.165) is 36.8 Å². The van der Waals surface area contributed by atoms with Crippen LogP contribution in [0.5, 0.6) is 0 Å². The topological polar surface area (TPSA) is 37.3 Å². The summed E-state index contributed by atoms with van der Waals surface area (Å²) in [5.74, 6) is 0.183. The summed E-state index contributed by atoms with van der Waals surface area (Å²) in [5, 5.41) is 9.18. The van der Waals surface area contributed by atoms with Gasteiger partial charge in [-0.15, -0.1) is 0 Å². The number of aliphatic hydroxyl groups excluding tert-OH is 1. The van der Waals surface area contributed by atoms with Gasteiger partial charge < -0.3 is 5.11 Å². The summed E-state index contributed by atoms with van der Waals surface area (Å²) in [7, 11) is 0. The van der Waals surface area contributed by atoms with Crippen molar-refractivity contribution in [3.8, 4) is 0 Å². The second-order valence-corrected chi connectivity index (χ2v) is 5.93. The molecule has 0 amide bonds. The summed E-state index contributed by atoms with van der Waals surface area (Å²) < 4.78 is 0. The van der Waals surface area contributed by atoms with Crippen LogP contribution in [0.25, 0.3) is 0 Å². The fraction of sp³-hybridized carbons (Fsp3) is 0.611. The van der Waals surface area contributed by atoms with Crippen LogP contribution in [-0.4, -0.2) is 17.0 Å². The van der Waals surface area contributed by atoms with Crippen molar-refractivity contribution in [2.45, 2.75) is 72.8 Å². The molecule has 0 fully saturated rings. The van der Waals surface area contributed by atoms with Crippen LogP contribution in [0.4, 0.5) is 0 Å². The van der Waals surface area contributed by atoms with Crippen molar-refractivity contribution in [2.24, 2.45) is 0 Å². The molecular weight excluding hydrogens is 248 g/mol. The van der Waals surface area contributed by atoms with Gasteiger partial charge in [0.05, 0.1) is 6.10 Å². The smallest absolute Gasteiger partial charge is 0.159 e. The lowest BCUT2D eigenvalue weighted by atomic mass is 10.0. The van der Waals surface area contributed by atoms with Gasteiger partial charge in [0.15, 0.2) is 5.78 Å². The predicted molar refractivity (Wildman–Crippen MR) is 86.7 cm³/mol. The number of hydrogen-bond acceptors (Lipinski definition) is 2. The number of carbonyl (C=O) groups is 1. The molecule has 0 bridgehead atoms. The Morgan fingerprint density at radius 2 is 1.65 bits per heavy atom. The largest absolute Gasteiger partial charge is 0.393 e. The average Bonchev–Trinajstić information content (AvgIpc) is 2.26. The predicted octanol–water partition coefficient (Wildman–Crippen LogP) is 4.75. The second-order valence-electron chi connectivity index (χ2n) is 5.93. The number of ketones is 1. The number of allylic oxidation sites excluding steroid dienone is 6. The van der Waals surface area contributed by atoms with Crippen LogP contribution in [0.3, 0.4) is 0 Å². The Labute approximate surface area is 124 Å². The molecule has 0 saturated heterocycles. The van der Waals surface area contributed by atoms with E-state index in [2.05, 4.69) is 19.1 Å². The maximum atomic E-state index is 11.6. The Bertz CT molecular complexity index is 380. The van der Waals surface area contributed by atoms with E-state index in [-0.39, 0.29) is 11.9 Å². The van der Waals surface area contributed by atoms with Crippen molar-refractivity contribution in [3.05, 3.63) is 34.9 Å². The Morgan fingerprint density at radius 3 is 2.20 bits per heavy atom. The molecule has 2 heteroatoms. The molecule has 0 aromatic carbocycles. The highest BCUT2D eigenvalue weighted by Crippen LogP contribution is 2.11. The third kappa shape index (κ3) is 11.9. The summed E-state index contributed by atoms with van der Waals surface area (Å²) in [4.78, 5) is 11.6. The molecule has 0 aliphatic heterocycles. The minimum atomic E-state index is -0.220. The standard InChI is InChI=1S/C18H30O2/c1-14(2)12-18(20)13-16(4)10-6-8-15(3)9-7-11-17(5)19/h9-10,12,17,19H,6-8,11,13H2,1-5H3. The van der Waals surface area contributed by atoms with Gasteiger partial charge in [-0.1, -0.05) is 28.9 Å². The lowest BCUT2D eigenvalue weighted by molar-refractivity contribution is -0.114. The van der Waals surface area contributed by atoms with Crippen LogP contribution >= 0.6 is 0 Å². The van der Waals surface area contributed by atoms with Crippen LogP contribution in [-0.2, 0) is 4.79 Å². The van der Waals surface area contributed by atoms with Gasteiger partial charge in [0.25, 0.3) is 0 Å². The summed E-state index contributed by atoms with van der Waals surface area (Å²) in [6.45, 7) is 9.85. The van der Waals surface area contributed by atoms with E-state index < -0.39 is 0 Å². The molecule has 2 nitrogen and oxygen atoms in total. The molecule has 1 N–H and O–H groups in total. The van der Waals surface area contributed by atoms with Crippen molar-refractivity contribution in [1.82, 2.24) is 0 Å². The Kier molecular flexibility index (Phi) is 10.0. The van der Waals surface area contributed by atoms with Crippen LogP contribution in [0.15, 0.2) is 34.9 Å². The third-order valence-electron chi connectivity index (χ3n) is 3.01. The fourth-order valence-corrected chi connectivity index (χ4v) is 1.94. The lowest BCUT2D eigenvalue weighted by Crippen LogP contribution is -1.97. The van der Waals surface area contributed by atoms with Gasteiger partial charge in [-0.25, -0.2) is 0 Å². The van der Waals surface area contributed by atoms with Crippen molar-refractivity contribution in [1.29, 1.82) is 0 Å². The Hall–Kier alpha value is -1.15. The minimum Gasteiger partial charge on any atom is -0.393 e. The third-order valence-corrected chi connectivity index (χ3v) is 3.01. The Morgan fingerprint density at radius 1 is 1.05 bits per heavy atom. The van der Waals surface area contributed by atoms with Crippen LogP contribution in [0, 0.1) is 0 Å². The van der Waals surface area contributed by atoms with E-state index >= 15 is 0 Å². The summed E-state index contributed by atoms with van der Waals surface area (Å²) in [6.07, 6.45) is 10.1. The highest BCUT2D eigenvalue weighted by atomic mass is 16.3. The van der Waals surface area contributed by atoms with Gasteiger partial charge in [-0.3, -0.25) is 4.79 Å². The minimum absolute atomic E-state index is 0.183. The lowest BCUT2D eigenvalue weighted by Gasteiger charge is -2.03. The quantitative estimate of drug-likeness (QED) is 0.488. The van der Waals surface area contributed by atoms with Gasteiger partial charge >= 0.3 is 0 Å². The first-order chi connectivity index (χ1) is 9.31. The molecule has 1 unspecified atom stereocenters. The molecule has 0 saturated carbocycles. The maximum Gasteiger partial charge on any atom is 0.159 e. The van der Waals surface area contributed by atoms with E-state index in [1.165, 1.54) is 5.57 Å². The van der Waals surface area contributed by atoms with E-state index in [9.17, 15) is 9.90 Å². The SMILES string of the molecule is CC(C)=CC(=O)CC(C)=CCCC(C)=CCCC(C)O. The molecule has 0 heterocycles. The van der Waals surface area contributed by atoms with Crippen LogP contribution < -0.4 is 0 Å². The molecule has 0 aromatic rings. The number of carbonyl (C=O) groups excluding carboxylic acids is 1. The van der Waals surface area contributed by atoms with E-state index in [1.54, 1.807) is 6.08 Å². The molecule has 0 aliphatic carbocycles. The first-order valence-electron chi connectivity index (χ1n) is 7.48. The first-order valence-corrected chi connectivity index (χ1v) is 7.48. The molecule has 20 heavy (non-hydrogen) atoms. The monoisotopic (exact) mass is 278 g/mol. The van der Waals surface area contributed by atoms with E-state index in [1.807, 2.05) is 27.7 Å². The van der Waals surface area contributed by atoms with Crippen LogP contribution in [0.2, 0.25) is 0 Å². The highest BCUT2D eigenvalue weighted by Gasteiger charge is 1.99. The van der Waals surface area contributed by atoms with E-state index in [0.29, 0.717) is 6.42 Å². The van der Waals surface area contributed by atoms with Crippen LogP contribution in [0.1, 0.15) is 66.7 Å². The van der Waals surface area contributed by atoms with E-state index in [4.69, 9.17) is 0 Å². The molecule has 0 radical (unpaired) electrons. The van der Waals surface area contributed by atoms with Crippen molar-refractivity contribution < 1.29 is 9.90 Å². The van der Waals surface area contributed by atoms with Gasteiger partial charge in [0.2, 0.25) is 0 Å². The summed E-state index contributed by atoms with van der Waals surface area (Å²) in [6, 6.07) is 0. The zero-order valence-corrected chi connectivity index (χ0v) is 13.7. The number of hydrogen-bond donors (Lipinski definition) is 1. The molecular formula is C18H30O2. The second kappa shape index (κ2) is 10.6. The zero-order valence-electron chi connectivity index (χ0n) is 13.7. The van der Waals surface area contributed by atoms with Gasteiger partial charge in [-0.05, 0) is 66.4 Å². The Balaban J connectivity index is 4.04. The highest BCUT2D eigenvalue weighted by molar-refractivity contribution is 5.91. The molecule has 0 spiro atoms. The zero-order chi connectivity index (χ0) is 15.5. The normalized spacial score (nSPS) is 14.1.